The summed E-state index contributed by atoms with van der Waals surface area (Å²) < 4.78 is 0. The molecule has 0 aromatic heterocycles. The first kappa shape index (κ1) is 10.9. The summed E-state index contributed by atoms with van der Waals surface area (Å²) >= 11 is 0. The molecular formula is C10H15NO3. The SMILES string of the molecule is CC(=O)ON=C1CC(=O)CC(C)(C)C1. The molecule has 0 heterocycles. The summed E-state index contributed by atoms with van der Waals surface area (Å²) in [6.07, 6.45) is 1.61. The Bertz CT molecular complexity index is 292. The zero-order valence-electron chi connectivity index (χ0n) is 8.79. The van der Waals surface area contributed by atoms with Crippen LogP contribution >= 0.6 is 0 Å². The van der Waals surface area contributed by atoms with E-state index in [4.69, 9.17) is 0 Å². The summed E-state index contributed by atoms with van der Waals surface area (Å²) in [5.74, 6) is -0.291. The van der Waals surface area contributed by atoms with Crippen LogP contribution in [-0.2, 0) is 14.4 Å². The molecular weight excluding hydrogens is 182 g/mol. The summed E-state index contributed by atoms with van der Waals surface area (Å²) in [4.78, 5) is 26.3. The maximum absolute atomic E-state index is 11.3. The van der Waals surface area contributed by atoms with Gasteiger partial charge in [-0.2, -0.15) is 0 Å². The molecule has 0 saturated heterocycles. The lowest BCUT2D eigenvalue weighted by Gasteiger charge is -2.28. The van der Waals surface area contributed by atoms with Crippen LogP contribution in [0.1, 0.15) is 40.0 Å². The van der Waals surface area contributed by atoms with Crippen molar-refractivity contribution in [2.24, 2.45) is 10.6 Å². The van der Waals surface area contributed by atoms with Gasteiger partial charge in [0.1, 0.15) is 5.78 Å². The lowest BCUT2D eigenvalue weighted by molar-refractivity contribution is -0.141. The van der Waals surface area contributed by atoms with Gasteiger partial charge < -0.3 is 4.84 Å². The second kappa shape index (κ2) is 3.90. The quantitative estimate of drug-likeness (QED) is 0.474. The van der Waals surface area contributed by atoms with Gasteiger partial charge in [0.15, 0.2) is 0 Å². The lowest BCUT2D eigenvalue weighted by Crippen LogP contribution is -2.29. The van der Waals surface area contributed by atoms with Gasteiger partial charge in [-0.3, -0.25) is 4.79 Å². The minimum absolute atomic E-state index is 0.0612. The third kappa shape index (κ3) is 3.28. The first-order valence-corrected chi connectivity index (χ1v) is 4.64. The van der Waals surface area contributed by atoms with Gasteiger partial charge >= 0.3 is 5.97 Å². The molecule has 14 heavy (non-hydrogen) atoms. The van der Waals surface area contributed by atoms with Crippen LogP contribution in [-0.4, -0.2) is 17.5 Å². The van der Waals surface area contributed by atoms with Gasteiger partial charge in [0.25, 0.3) is 0 Å². The monoisotopic (exact) mass is 197 g/mol. The summed E-state index contributed by atoms with van der Waals surface area (Å²) in [7, 11) is 0. The molecule has 0 unspecified atom stereocenters. The molecule has 0 aromatic carbocycles. The third-order valence-corrected chi connectivity index (χ3v) is 2.06. The standard InChI is InChI=1S/C10H15NO3/c1-7(12)14-11-8-4-9(13)6-10(2,3)5-8/h4-6H2,1-3H3. The van der Waals surface area contributed by atoms with Crippen LogP contribution in [0.3, 0.4) is 0 Å². The second-order valence-electron chi connectivity index (χ2n) is 4.47. The molecule has 4 heteroatoms. The Hall–Kier alpha value is -1.19. The summed E-state index contributed by atoms with van der Waals surface area (Å²) in [6.45, 7) is 5.31. The van der Waals surface area contributed by atoms with Gasteiger partial charge in [-0.05, 0) is 11.8 Å². The molecule has 4 nitrogen and oxygen atoms in total. The highest BCUT2D eigenvalue weighted by Gasteiger charge is 2.30. The lowest BCUT2D eigenvalue weighted by atomic mass is 9.76. The predicted molar refractivity (Wildman–Crippen MR) is 51.8 cm³/mol. The number of hydrogen-bond acceptors (Lipinski definition) is 4. The molecule has 0 aromatic rings. The van der Waals surface area contributed by atoms with Crippen molar-refractivity contribution in [3.63, 3.8) is 0 Å². The van der Waals surface area contributed by atoms with Crippen molar-refractivity contribution in [3.8, 4) is 0 Å². The van der Waals surface area contributed by atoms with Crippen molar-refractivity contribution in [1.29, 1.82) is 0 Å². The summed E-state index contributed by atoms with van der Waals surface area (Å²) in [6, 6.07) is 0. The molecule has 0 N–H and O–H groups in total. The van der Waals surface area contributed by atoms with E-state index in [9.17, 15) is 9.59 Å². The normalized spacial score (nSPS) is 23.6. The van der Waals surface area contributed by atoms with Crippen molar-refractivity contribution >= 4 is 17.5 Å². The molecule has 1 fully saturated rings. The van der Waals surface area contributed by atoms with Crippen molar-refractivity contribution in [2.45, 2.75) is 40.0 Å². The molecule has 0 radical (unpaired) electrons. The van der Waals surface area contributed by atoms with Crippen LogP contribution in [0.4, 0.5) is 0 Å². The van der Waals surface area contributed by atoms with Crippen molar-refractivity contribution in [1.82, 2.24) is 0 Å². The van der Waals surface area contributed by atoms with Gasteiger partial charge in [0.05, 0.1) is 5.71 Å². The number of ketones is 1. The van der Waals surface area contributed by atoms with E-state index in [0.717, 1.165) is 0 Å². The van der Waals surface area contributed by atoms with Gasteiger partial charge in [0, 0.05) is 19.8 Å². The highest BCUT2D eigenvalue weighted by molar-refractivity contribution is 6.04. The van der Waals surface area contributed by atoms with E-state index < -0.39 is 5.97 Å². The van der Waals surface area contributed by atoms with E-state index in [1.807, 2.05) is 13.8 Å². The van der Waals surface area contributed by atoms with Crippen molar-refractivity contribution in [3.05, 3.63) is 0 Å². The number of carbonyl (C=O) groups excluding carboxylic acids is 2. The zero-order chi connectivity index (χ0) is 10.8. The molecule has 1 saturated carbocycles. The second-order valence-corrected chi connectivity index (χ2v) is 4.47. The molecule has 0 atom stereocenters. The molecule has 78 valence electrons. The first-order valence-electron chi connectivity index (χ1n) is 4.64. The number of rotatable bonds is 1. The molecule has 0 spiro atoms. The van der Waals surface area contributed by atoms with Gasteiger partial charge in [-0.25, -0.2) is 4.79 Å². The van der Waals surface area contributed by atoms with Gasteiger partial charge in [0.2, 0.25) is 0 Å². The summed E-state index contributed by atoms with van der Waals surface area (Å²) in [5, 5.41) is 3.68. The number of nitrogens with zero attached hydrogens (tertiary/aromatic N) is 1. The maximum Gasteiger partial charge on any atom is 0.331 e. The highest BCUT2D eigenvalue weighted by atomic mass is 16.7. The average Bonchev–Trinajstić information content (AvgIpc) is 1.96. The Morgan fingerprint density at radius 2 is 2.07 bits per heavy atom. The van der Waals surface area contributed by atoms with E-state index in [0.29, 0.717) is 25.0 Å². The molecule has 0 bridgehead atoms. The maximum atomic E-state index is 11.3. The average molecular weight is 197 g/mol. The van der Waals surface area contributed by atoms with Crippen LogP contribution in [0.15, 0.2) is 5.16 Å². The van der Waals surface area contributed by atoms with Crippen LogP contribution in [0.2, 0.25) is 0 Å². The minimum Gasteiger partial charge on any atom is -0.319 e. The first-order chi connectivity index (χ1) is 6.39. The Balaban J connectivity index is 2.66. The van der Waals surface area contributed by atoms with E-state index in [2.05, 4.69) is 9.99 Å². The topological polar surface area (TPSA) is 55.7 Å². The van der Waals surface area contributed by atoms with Crippen LogP contribution in [0, 0.1) is 5.41 Å². The van der Waals surface area contributed by atoms with E-state index in [-0.39, 0.29) is 11.2 Å². The van der Waals surface area contributed by atoms with E-state index in [1.165, 1.54) is 6.92 Å². The molecule has 0 amide bonds. The van der Waals surface area contributed by atoms with Gasteiger partial charge in [-0.15, -0.1) is 0 Å². The summed E-state index contributed by atoms with van der Waals surface area (Å²) in [5.41, 5.74) is 0.607. The Morgan fingerprint density at radius 3 is 2.57 bits per heavy atom. The van der Waals surface area contributed by atoms with Crippen LogP contribution in [0.25, 0.3) is 0 Å². The molecule has 1 aliphatic carbocycles. The van der Waals surface area contributed by atoms with Crippen LogP contribution < -0.4 is 0 Å². The molecule has 0 aliphatic heterocycles. The zero-order valence-corrected chi connectivity index (χ0v) is 8.79. The number of oxime groups is 1. The van der Waals surface area contributed by atoms with Gasteiger partial charge in [-0.1, -0.05) is 19.0 Å². The Kier molecular flexibility index (Phi) is 3.03. The Morgan fingerprint density at radius 1 is 1.43 bits per heavy atom. The molecule has 1 rings (SSSR count). The largest absolute Gasteiger partial charge is 0.331 e. The van der Waals surface area contributed by atoms with E-state index in [1.54, 1.807) is 0 Å². The van der Waals surface area contributed by atoms with Crippen molar-refractivity contribution < 1.29 is 14.4 Å². The number of hydrogen-bond donors (Lipinski definition) is 0. The minimum atomic E-state index is -0.451. The number of Topliss-reactive ketones (excluding diaryl/α,β-unsaturated/α-hetero) is 1. The Labute approximate surface area is 83.3 Å². The van der Waals surface area contributed by atoms with E-state index >= 15 is 0 Å². The number of carbonyl (C=O) groups is 2. The predicted octanol–water partition coefficient (Wildman–Crippen LogP) is 1.68. The third-order valence-electron chi connectivity index (χ3n) is 2.06. The van der Waals surface area contributed by atoms with Crippen LogP contribution in [0.5, 0.6) is 0 Å². The van der Waals surface area contributed by atoms with Crippen molar-refractivity contribution in [2.75, 3.05) is 0 Å². The smallest absolute Gasteiger partial charge is 0.319 e. The fraction of sp³-hybridized carbons (Fsp3) is 0.700. The fourth-order valence-electron chi connectivity index (χ4n) is 1.69. The fourth-order valence-corrected chi connectivity index (χ4v) is 1.69. The highest BCUT2D eigenvalue weighted by Crippen LogP contribution is 2.31. The molecule has 1 aliphatic rings.